The molecule has 1 N–H and O–H groups in total. The van der Waals surface area contributed by atoms with Crippen LogP contribution in [0.5, 0.6) is 5.75 Å². The van der Waals surface area contributed by atoms with Gasteiger partial charge < -0.3 is 9.47 Å². The fourth-order valence-electron chi connectivity index (χ4n) is 2.51. The second-order valence-corrected chi connectivity index (χ2v) is 7.48. The smallest absolute Gasteiger partial charge is 0.412 e. The van der Waals surface area contributed by atoms with Gasteiger partial charge in [0.25, 0.3) is 0 Å². The Balaban J connectivity index is 2.21. The van der Waals surface area contributed by atoms with Gasteiger partial charge in [0, 0.05) is 11.8 Å². The van der Waals surface area contributed by atoms with Gasteiger partial charge in [-0.1, -0.05) is 57.9 Å². The van der Waals surface area contributed by atoms with Crippen LogP contribution in [0.2, 0.25) is 0 Å². The van der Waals surface area contributed by atoms with Crippen LogP contribution in [0.15, 0.2) is 24.3 Å². The molecule has 0 saturated carbocycles. The molecule has 25 heavy (non-hydrogen) atoms. The van der Waals surface area contributed by atoms with E-state index in [-0.39, 0.29) is 0 Å². The summed E-state index contributed by atoms with van der Waals surface area (Å²) in [6.07, 6.45) is 9.82. The van der Waals surface area contributed by atoms with Gasteiger partial charge in [-0.3, -0.25) is 5.32 Å². The predicted octanol–water partition coefficient (Wildman–Crippen LogP) is 6.55. The summed E-state index contributed by atoms with van der Waals surface area (Å²) >= 11 is 0. The van der Waals surface area contributed by atoms with Gasteiger partial charge in [0.05, 0.1) is 6.61 Å². The number of unbranched alkanes of at least 4 members (excludes halogenated alkanes) is 7. The molecule has 0 radical (unpaired) electrons. The first-order valence-corrected chi connectivity index (χ1v) is 9.63. The highest BCUT2D eigenvalue weighted by atomic mass is 16.6. The lowest BCUT2D eigenvalue weighted by atomic mass is 10.1. The summed E-state index contributed by atoms with van der Waals surface area (Å²) in [5.41, 5.74) is 0.178. The van der Waals surface area contributed by atoms with E-state index in [1.165, 1.54) is 44.9 Å². The van der Waals surface area contributed by atoms with Crippen molar-refractivity contribution in [2.45, 2.75) is 84.7 Å². The van der Waals surface area contributed by atoms with Crippen molar-refractivity contribution in [3.8, 4) is 5.75 Å². The van der Waals surface area contributed by atoms with Gasteiger partial charge in [0.15, 0.2) is 0 Å². The summed E-state index contributed by atoms with van der Waals surface area (Å²) in [4.78, 5) is 11.8. The number of carbonyl (C=O) groups excluding carboxylic acids is 1. The molecule has 1 rings (SSSR count). The SMILES string of the molecule is CCCCCCCCCCOc1cccc(NC(=O)OC(C)(C)C)c1. The van der Waals surface area contributed by atoms with Crippen molar-refractivity contribution in [1.29, 1.82) is 0 Å². The quantitative estimate of drug-likeness (QED) is 0.461. The Hall–Kier alpha value is -1.71. The van der Waals surface area contributed by atoms with Gasteiger partial charge in [0.2, 0.25) is 0 Å². The summed E-state index contributed by atoms with van der Waals surface area (Å²) in [7, 11) is 0. The molecule has 4 heteroatoms. The van der Waals surface area contributed by atoms with E-state index in [0.29, 0.717) is 12.3 Å². The lowest BCUT2D eigenvalue weighted by Gasteiger charge is -2.19. The van der Waals surface area contributed by atoms with Crippen molar-refractivity contribution in [1.82, 2.24) is 0 Å². The third-order valence-electron chi connectivity index (χ3n) is 3.75. The molecular weight excluding hydrogens is 314 g/mol. The van der Waals surface area contributed by atoms with Gasteiger partial charge in [-0.25, -0.2) is 4.79 Å². The number of hydrogen-bond acceptors (Lipinski definition) is 3. The molecule has 142 valence electrons. The summed E-state index contributed by atoms with van der Waals surface area (Å²) in [5.74, 6) is 0.775. The van der Waals surface area contributed by atoms with E-state index in [9.17, 15) is 4.79 Å². The molecule has 0 aliphatic carbocycles. The molecule has 0 aromatic heterocycles. The number of nitrogens with one attached hydrogen (secondary N) is 1. The Morgan fingerprint density at radius 2 is 1.64 bits per heavy atom. The van der Waals surface area contributed by atoms with Crippen LogP contribution in [0.1, 0.15) is 79.1 Å². The van der Waals surface area contributed by atoms with Crippen LogP contribution in [0, 0.1) is 0 Å². The summed E-state index contributed by atoms with van der Waals surface area (Å²) in [5, 5.41) is 2.73. The third kappa shape index (κ3) is 11.5. The van der Waals surface area contributed by atoms with Crippen LogP contribution in [-0.2, 0) is 4.74 Å². The molecular formula is C21H35NO3. The molecule has 4 nitrogen and oxygen atoms in total. The Morgan fingerprint density at radius 3 is 2.28 bits per heavy atom. The first-order chi connectivity index (χ1) is 11.9. The molecule has 0 fully saturated rings. The molecule has 0 saturated heterocycles. The zero-order valence-corrected chi connectivity index (χ0v) is 16.4. The molecule has 0 heterocycles. The van der Waals surface area contributed by atoms with Gasteiger partial charge in [-0.05, 0) is 39.3 Å². The first kappa shape index (κ1) is 21.3. The van der Waals surface area contributed by atoms with E-state index in [1.54, 1.807) is 0 Å². The highest BCUT2D eigenvalue weighted by Crippen LogP contribution is 2.19. The maximum atomic E-state index is 11.8. The standard InChI is InChI=1S/C21H35NO3/c1-5-6-7-8-9-10-11-12-16-24-19-15-13-14-18(17-19)22-20(23)25-21(2,3)4/h13-15,17H,5-12,16H2,1-4H3,(H,22,23). The zero-order chi connectivity index (χ0) is 18.5. The average molecular weight is 350 g/mol. The number of hydrogen-bond donors (Lipinski definition) is 1. The lowest BCUT2D eigenvalue weighted by molar-refractivity contribution is 0.0636. The monoisotopic (exact) mass is 349 g/mol. The van der Waals surface area contributed by atoms with E-state index < -0.39 is 11.7 Å². The van der Waals surface area contributed by atoms with Crippen molar-refractivity contribution in [3.63, 3.8) is 0 Å². The van der Waals surface area contributed by atoms with E-state index in [4.69, 9.17) is 9.47 Å². The molecule has 0 unspecified atom stereocenters. The number of rotatable bonds is 11. The van der Waals surface area contributed by atoms with Crippen LogP contribution in [0.3, 0.4) is 0 Å². The van der Waals surface area contributed by atoms with Crippen LogP contribution in [-0.4, -0.2) is 18.3 Å². The largest absolute Gasteiger partial charge is 0.494 e. The maximum Gasteiger partial charge on any atom is 0.412 e. The van der Waals surface area contributed by atoms with Gasteiger partial charge in [-0.2, -0.15) is 0 Å². The molecule has 1 aromatic carbocycles. The van der Waals surface area contributed by atoms with Crippen LogP contribution < -0.4 is 10.1 Å². The van der Waals surface area contributed by atoms with Crippen LogP contribution in [0.4, 0.5) is 10.5 Å². The summed E-state index contributed by atoms with van der Waals surface area (Å²) in [6, 6.07) is 7.43. The molecule has 0 spiro atoms. The highest BCUT2D eigenvalue weighted by molar-refractivity contribution is 5.85. The van der Waals surface area contributed by atoms with Gasteiger partial charge >= 0.3 is 6.09 Å². The molecule has 0 aliphatic rings. The van der Waals surface area contributed by atoms with Crippen LogP contribution in [0.25, 0.3) is 0 Å². The van der Waals surface area contributed by atoms with E-state index in [1.807, 2.05) is 45.0 Å². The molecule has 0 bridgehead atoms. The fraction of sp³-hybridized carbons (Fsp3) is 0.667. The minimum atomic E-state index is -0.505. The van der Waals surface area contributed by atoms with E-state index in [2.05, 4.69) is 12.2 Å². The van der Waals surface area contributed by atoms with Gasteiger partial charge in [-0.15, -0.1) is 0 Å². The second-order valence-electron chi connectivity index (χ2n) is 7.48. The minimum absolute atomic E-state index is 0.451. The molecule has 1 amide bonds. The average Bonchev–Trinajstić information content (AvgIpc) is 2.52. The number of ether oxygens (including phenoxy) is 2. The topological polar surface area (TPSA) is 47.6 Å². The second kappa shape index (κ2) is 11.8. The number of anilines is 1. The van der Waals surface area contributed by atoms with Crippen molar-refractivity contribution >= 4 is 11.8 Å². The van der Waals surface area contributed by atoms with E-state index >= 15 is 0 Å². The van der Waals surface area contributed by atoms with Crippen molar-refractivity contribution in [2.24, 2.45) is 0 Å². The first-order valence-electron chi connectivity index (χ1n) is 9.63. The zero-order valence-electron chi connectivity index (χ0n) is 16.4. The highest BCUT2D eigenvalue weighted by Gasteiger charge is 2.16. The number of amides is 1. The Kier molecular flexibility index (Phi) is 10.0. The van der Waals surface area contributed by atoms with Crippen molar-refractivity contribution in [3.05, 3.63) is 24.3 Å². The fourth-order valence-corrected chi connectivity index (χ4v) is 2.51. The van der Waals surface area contributed by atoms with E-state index in [0.717, 1.165) is 12.2 Å². The Labute approximate surface area is 153 Å². The number of carbonyl (C=O) groups is 1. The molecule has 0 aliphatic heterocycles. The maximum absolute atomic E-state index is 11.8. The van der Waals surface area contributed by atoms with Crippen molar-refractivity contribution < 1.29 is 14.3 Å². The summed E-state index contributed by atoms with van der Waals surface area (Å²) < 4.78 is 11.0. The predicted molar refractivity (Wildman–Crippen MR) is 104 cm³/mol. The number of benzene rings is 1. The minimum Gasteiger partial charge on any atom is -0.494 e. The summed E-state index contributed by atoms with van der Waals surface area (Å²) in [6.45, 7) is 8.49. The lowest BCUT2D eigenvalue weighted by Crippen LogP contribution is -2.27. The van der Waals surface area contributed by atoms with Gasteiger partial charge in [0.1, 0.15) is 11.4 Å². The van der Waals surface area contributed by atoms with Crippen LogP contribution >= 0.6 is 0 Å². The molecule has 0 atom stereocenters. The normalized spacial score (nSPS) is 11.2. The van der Waals surface area contributed by atoms with Crippen molar-refractivity contribution in [2.75, 3.05) is 11.9 Å². The molecule has 1 aromatic rings. The third-order valence-corrected chi connectivity index (χ3v) is 3.75. The Morgan fingerprint density at radius 1 is 1.00 bits per heavy atom. The Bertz CT molecular complexity index is 494.